The van der Waals surface area contributed by atoms with E-state index in [-0.39, 0.29) is 0 Å². The molecule has 0 aromatic carbocycles. The molecule has 0 unspecified atom stereocenters. The van der Waals surface area contributed by atoms with Gasteiger partial charge in [-0.1, -0.05) is 0 Å². The molecule has 0 saturated carbocycles. The van der Waals surface area contributed by atoms with Gasteiger partial charge in [0.05, 0.1) is 32.5 Å². The van der Waals surface area contributed by atoms with Crippen molar-refractivity contribution in [3.05, 3.63) is 0 Å². The maximum Gasteiger partial charge on any atom is 0.217 e. The Morgan fingerprint density at radius 3 is 1.34 bits per heavy atom. The molecular formula is C32H55NO25. The van der Waals surface area contributed by atoms with Crippen LogP contribution in [0.15, 0.2) is 0 Å². The van der Waals surface area contributed by atoms with Crippen molar-refractivity contribution in [2.24, 2.45) is 0 Å². The van der Waals surface area contributed by atoms with Crippen LogP contribution in [0.5, 0.6) is 0 Å². The standard InChI is InChI=1S/C32H55NO25/c1-7-14(39)18(43)21(46)30(50-7)56-25-13(33-8(2)38)29(52-9(3-34)15(25)40)57-26-16(41)10(4-35)54-32(22(26)47)58-27-17(42)11(5-36)53-31(23(27)48)55-24-12(6-37)51-28(49)20(45)19(24)44/h7,9-32,34-37,39-49H,3-6H2,1-2H3,(H,33,38)/t7-,9+,10+,11+,12+,13+,14+,15+,16-,17-,18+,19+,20+,21-,22+,23+,24+,25+,26-,27-,28+,29-,30-,31-,32+/m0/s1. The summed E-state index contributed by atoms with van der Waals surface area (Å²) in [6.07, 6.45) is -43.2. The number of carbonyl (C=O) groups is 1. The summed E-state index contributed by atoms with van der Waals surface area (Å²) in [7, 11) is 0. The van der Waals surface area contributed by atoms with Crippen LogP contribution in [-0.4, -0.2) is 262 Å². The number of amides is 1. The lowest BCUT2D eigenvalue weighted by Crippen LogP contribution is -2.70. The van der Waals surface area contributed by atoms with Gasteiger partial charge in [0.25, 0.3) is 0 Å². The smallest absolute Gasteiger partial charge is 0.217 e. The number of ether oxygens (including phenoxy) is 9. The third-order valence-electron chi connectivity index (χ3n) is 10.7. The van der Waals surface area contributed by atoms with Gasteiger partial charge < -0.3 is 125 Å². The van der Waals surface area contributed by atoms with Crippen molar-refractivity contribution in [2.75, 3.05) is 26.4 Å². The van der Waals surface area contributed by atoms with E-state index in [0.29, 0.717) is 0 Å². The van der Waals surface area contributed by atoms with Gasteiger partial charge in [-0.2, -0.15) is 0 Å². The summed E-state index contributed by atoms with van der Waals surface area (Å²) in [6.45, 7) is -1.29. The van der Waals surface area contributed by atoms with E-state index in [0.717, 1.165) is 6.92 Å². The van der Waals surface area contributed by atoms with Crippen LogP contribution in [0.4, 0.5) is 0 Å². The summed E-state index contributed by atoms with van der Waals surface area (Å²) >= 11 is 0. The maximum atomic E-state index is 12.4. The van der Waals surface area contributed by atoms with Crippen molar-refractivity contribution in [1.29, 1.82) is 0 Å². The zero-order valence-electron chi connectivity index (χ0n) is 31.1. The summed E-state index contributed by atoms with van der Waals surface area (Å²) in [6, 6.07) is -1.62. The molecule has 0 aromatic rings. The molecule has 16 N–H and O–H groups in total. The van der Waals surface area contributed by atoms with Crippen LogP contribution in [-0.2, 0) is 47.4 Å². The van der Waals surface area contributed by atoms with Gasteiger partial charge in [-0.25, -0.2) is 0 Å². The van der Waals surface area contributed by atoms with Gasteiger partial charge in [-0.3, -0.25) is 4.79 Å². The molecule has 26 heteroatoms. The first-order valence-corrected chi connectivity index (χ1v) is 18.5. The van der Waals surface area contributed by atoms with E-state index in [1.807, 2.05) is 0 Å². The third kappa shape index (κ3) is 9.75. The Kier molecular flexibility index (Phi) is 16.5. The predicted octanol–water partition coefficient (Wildman–Crippen LogP) is -10.8. The molecule has 25 atom stereocenters. The summed E-state index contributed by atoms with van der Waals surface area (Å²) in [4.78, 5) is 12.4. The molecule has 26 nitrogen and oxygen atoms in total. The fraction of sp³-hybridized carbons (Fsp3) is 0.969. The maximum absolute atomic E-state index is 12.4. The van der Waals surface area contributed by atoms with E-state index in [9.17, 15) is 81.4 Å². The highest BCUT2D eigenvalue weighted by molar-refractivity contribution is 5.73. The number of aliphatic hydroxyl groups excluding tert-OH is 15. The minimum Gasteiger partial charge on any atom is -0.394 e. The van der Waals surface area contributed by atoms with Crippen molar-refractivity contribution < 1.29 is 124 Å². The second kappa shape index (κ2) is 20.1. The van der Waals surface area contributed by atoms with E-state index in [1.165, 1.54) is 6.92 Å². The zero-order chi connectivity index (χ0) is 42.9. The normalized spacial score (nSPS) is 51.6. The third-order valence-corrected chi connectivity index (χ3v) is 10.7. The molecule has 0 bridgehead atoms. The Hall–Kier alpha value is -1.49. The van der Waals surface area contributed by atoms with Crippen molar-refractivity contribution in [1.82, 2.24) is 5.32 Å². The van der Waals surface area contributed by atoms with Gasteiger partial charge in [0.2, 0.25) is 5.91 Å². The van der Waals surface area contributed by atoms with E-state index in [1.54, 1.807) is 0 Å². The van der Waals surface area contributed by atoms with Gasteiger partial charge in [0, 0.05) is 6.92 Å². The molecule has 5 aliphatic rings. The highest BCUT2D eigenvalue weighted by Crippen LogP contribution is 2.35. The molecule has 0 aromatic heterocycles. The monoisotopic (exact) mass is 853 g/mol. The van der Waals surface area contributed by atoms with Crippen LogP contribution in [0.25, 0.3) is 0 Å². The number of aliphatic hydroxyl groups is 15. The highest BCUT2D eigenvalue weighted by atomic mass is 16.8. The lowest BCUT2D eigenvalue weighted by Gasteiger charge is -2.50. The van der Waals surface area contributed by atoms with Crippen LogP contribution in [0.1, 0.15) is 13.8 Å². The van der Waals surface area contributed by atoms with Crippen LogP contribution in [0.3, 0.4) is 0 Å². The lowest BCUT2D eigenvalue weighted by molar-refractivity contribution is -0.389. The van der Waals surface area contributed by atoms with E-state index in [2.05, 4.69) is 5.32 Å². The molecular weight excluding hydrogens is 798 g/mol. The van der Waals surface area contributed by atoms with Gasteiger partial charge in [-0.15, -0.1) is 0 Å². The van der Waals surface area contributed by atoms with Crippen LogP contribution in [0, 0.1) is 0 Å². The number of carbonyl (C=O) groups excluding carboxylic acids is 1. The van der Waals surface area contributed by atoms with Crippen LogP contribution < -0.4 is 5.32 Å². The average Bonchev–Trinajstić information content (AvgIpc) is 3.19. The fourth-order valence-electron chi connectivity index (χ4n) is 7.37. The van der Waals surface area contributed by atoms with Gasteiger partial charge in [0.1, 0.15) is 116 Å². The quantitative estimate of drug-likeness (QED) is 0.0818. The van der Waals surface area contributed by atoms with E-state index in [4.69, 9.17) is 42.6 Å². The first-order chi connectivity index (χ1) is 27.4. The van der Waals surface area contributed by atoms with Crippen LogP contribution in [0.2, 0.25) is 0 Å². The van der Waals surface area contributed by atoms with Gasteiger partial charge in [-0.05, 0) is 6.92 Å². The second-order valence-corrected chi connectivity index (χ2v) is 14.7. The topological polar surface area (TPSA) is 416 Å². The summed E-state index contributed by atoms with van der Waals surface area (Å²) in [5.74, 6) is -0.775. The number of rotatable bonds is 13. The van der Waals surface area contributed by atoms with Crippen molar-refractivity contribution in [2.45, 2.75) is 167 Å². The number of hydrogen-bond acceptors (Lipinski definition) is 25. The first-order valence-electron chi connectivity index (χ1n) is 18.5. The molecule has 58 heavy (non-hydrogen) atoms. The van der Waals surface area contributed by atoms with E-state index >= 15 is 0 Å². The van der Waals surface area contributed by atoms with Gasteiger partial charge in [0.15, 0.2) is 31.5 Å². The minimum atomic E-state index is -2.16. The van der Waals surface area contributed by atoms with E-state index < -0.39 is 186 Å². The van der Waals surface area contributed by atoms with Crippen molar-refractivity contribution in [3.8, 4) is 0 Å². The first kappa shape index (κ1) is 47.6. The van der Waals surface area contributed by atoms with Crippen LogP contribution >= 0.6 is 0 Å². The molecule has 5 aliphatic heterocycles. The molecule has 0 aliphatic carbocycles. The Morgan fingerprint density at radius 1 is 0.448 bits per heavy atom. The Morgan fingerprint density at radius 2 is 0.862 bits per heavy atom. The predicted molar refractivity (Wildman–Crippen MR) is 177 cm³/mol. The second-order valence-electron chi connectivity index (χ2n) is 14.7. The lowest BCUT2D eigenvalue weighted by atomic mass is 9.94. The SMILES string of the molecule is CC(=O)N[C@H]1[C@H](O[C@H]2[C@@H](O)[C@@H](CO)O[C@H](O[C@H]3[C@@H](O)[C@@H](CO)O[C@@H](O[C@H]4[C@H](O)[C@@H](O)[C@H](O)O[C@@H]4CO)[C@@H]3O)[C@@H]2O)O[C@H](CO)[C@@H](O)[C@@H]1O[C@@H]1O[C@@H](C)[C@@H](O)[C@@H](O)[C@@H]1O. The Balaban J connectivity index is 1.39. The Bertz CT molecular complexity index is 1310. The number of hydrogen-bond donors (Lipinski definition) is 16. The summed E-state index contributed by atoms with van der Waals surface area (Å²) in [5.41, 5.74) is 0. The average molecular weight is 854 g/mol. The molecule has 338 valence electrons. The molecule has 5 fully saturated rings. The molecule has 5 saturated heterocycles. The summed E-state index contributed by atoms with van der Waals surface area (Å²) < 4.78 is 50.4. The largest absolute Gasteiger partial charge is 0.394 e. The molecule has 5 heterocycles. The summed E-state index contributed by atoms with van der Waals surface area (Å²) in [5, 5.41) is 160. The van der Waals surface area contributed by atoms with Gasteiger partial charge >= 0.3 is 0 Å². The molecule has 5 rings (SSSR count). The number of nitrogens with one attached hydrogen (secondary N) is 1. The molecule has 0 radical (unpaired) electrons. The molecule has 0 spiro atoms. The fourth-order valence-corrected chi connectivity index (χ4v) is 7.37. The minimum absolute atomic E-state index is 0.775. The zero-order valence-corrected chi connectivity index (χ0v) is 31.1. The molecule has 1 amide bonds. The van der Waals surface area contributed by atoms with Crippen molar-refractivity contribution in [3.63, 3.8) is 0 Å². The Labute approximate surface area is 329 Å². The highest BCUT2D eigenvalue weighted by Gasteiger charge is 2.57. The van der Waals surface area contributed by atoms with Crippen molar-refractivity contribution >= 4 is 5.91 Å².